The minimum atomic E-state index is 0. The van der Waals surface area contributed by atoms with Gasteiger partial charge < -0.3 is 11.1 Å². The number of amides is 1. The molecule has 110 valence electrons. The minimum absolute atomic E-state index is 0. The standard InChI is InChI=1S/C12H20N4O.2ClH/c1-16-8-9(7-14-16)5-12(17)15-11-4-2-3-10(11)6-13;;/h7-8,10-11H,2-6,13H2,1H3,(H,15,17);2*1H. The van der Waals surface area contributed by atoms with Gasteiger partial charge in [0.2, 0.25) is 5.91 Å². The highest BCUT2D eigenvalue weighted by Crippen LogP contribution is 2.24. The zero-order valence-corrected chi connectivity index (χ0v) is 12.7. The first-order valence-electron chi connectivity index (χ1n) is 6.16. The minimum Gasteiger partial charge on any atom is -0.353 e. The zero-order valence-electron chi connectivity index (χ0n) is 11.0. The summed E-state index contributed by atoms with van der Waals surface area (Å²) in [4.78, 5) is 11.9. The van der Waals surface area contributed by atoms with Gasteiger partial charge in [-0.2, -0.15) is 5.10 Å². The van der Waals surface area contributed by atoms with Crippen molar-refractivity contribution in [1.29, 1.82) is 0 Å². The molecular formula is C12H22Cl2N4O. The van der Waals surface area contributed by atoms with Crippen molar-refractivity contribution in [1.82, 2.24) is 15.1 Å². The smallest absolute Gasteiger partial charge is 0.224 e. The average Bonchev–Trinajstić information content (AvgIpc) is 2.87. The molecule has 1 amide bonds. The fourth-order valence-corrected chi connectivity index (χ4v) is 2.52. The predicted octanol–water partition coefficient (Wildman–Crippen LogP) is 1.05. The molecule has 2 atom stereocenters. The van der Waals surface area contributed by atoms with Crippen molar-refractivity contribution in [2.45, 2.75) is 31.7 Å². The maximum absolute atomic E-state index is 11.9. The molecule has 1 aromatic heterocycles. The molecule has 0 bridgehead atoms. The van der Waals surface area contributed by atoms with Crippen LogP contribution in [-0.2, 0) is 18.3 Å². The number of hydrogen-bond donors (Lipinski definition) is 2. The van der Waals surface area contributed by atoms with Crippen LogP contribution in [-0.4, -0.2) is 28.3 Å². The van der Waals surface area contributed by atoms with E-state index in [1.54, 1.807) is 10.9 Å². The van der Waals surface area contributed by atoms with Crippen molar-refractivity contribution in [2.24, 2.45) is 18.7 Å². The van der Waals surface area contributed by atoms with Crippen LogP contribution in [0.3, 0.4) is 0 Å². The summed E-state index contributed by atoms with van der Waals surface area (Å²) < 4.78 is 1.71. The molecule has 1 aliphatic rings. The Hall–Kier alpha value is -0.780. The van der Waals surface area contributed by atoms with Crippen LogP contribution < -0.4 is 11.1 Å². The summed E-state index contributed by atoms with van der Waals surface area (Å²) in [5, 5.41) is 7.13. The Morgan fingerprint density at radius 1 is 1.53 bits per heavy atom. The molecule has 0 aliphatic heterocycles. The van der Waals surface area contributed by atoms with E-state index in [1.807, 2.05) is 13.2 Å². The van der Waals surface area contributed by atoms with Gasteiger partial charge in [0.1, 0.15) is 0 Å². The summed E-state index contributed by atoms with van der Waals surface area (Å²) in [6.45, 7) is 0.665. The van der Waals surface area contributed by atoms with Crippen LogP contribution in [0.4, 0.5) is 0 Å². The lowest BCUT2D eigenvalue weighted by Crippen LogP contribution is -2.40. The SMILES string of the molecule is Cl.Cl.Cn1cc(CC(=O)NC2CCCC2CN)cn1. The lowest BCUT2D eigenvalue weighted by molar-refractivity contribution is -0.121. The van der Waals surface area contributed by atoms with E-state index in [0.717, 1.165) is 18.4 Å². The van der Waals surface area contributed by atoms with Gasteiger partial charge >= 0.3 is 0 Å². The molecule has 5 nitrogen and oxygen atoms in total. The summed E-state index contributed by atoms with van der Waals surface area (Å²) in [7, 11) is 1.85. The molecule has 2 rings (SSSR count). The van der Waals surface area contributed by atoms with Gasteiger partial charge in [-0.1, -0.05) is 6.42 Å². The molecule has 19 heavy (non-hydrogen) atoms. The summed E-state index contributed by atoms with van der Waals surface area (Å²) in [5.41, 5.74) is 6.64. The van der Waals surface area contributed by atoms with Gasteiger partial charge in [-0.25, -0.2) is 0 Å². The van der Waals surface area contributed by atoms with E-state index in [0.29, 0.717) is 18.9 Å². The average molecular weight is 309 g/mol. The summed E-state index contributed by atoms with van der Waals surface area (Å²) in [6, 6.07) is 0.268. The molecule has 1 fully saturated rings. The molecule has 1 aliphatic carbocycles. The second kappa shape index (κ2) is 8.40. The first-order chi connectivity index (χ1) is 8.19. The Balaban J connectivity index is 0.00000162. The number of aryl methyl sites for hydroxylation is 1. The number of hydrogen-bond acceptors (Lipinski definition) is 3. The van der Waals surface area contributed by atoms with Gasteiger partial charge in [0.25, 0.3) is 0 Å². The van der Waals surface area contributed by atoms with E-state index >= 15 is 0 Å². The third kappa shape index (κ3) is 5.01. The molecule has 0 saturated heterocycles. The number of carbonyl (C=O) groups is 1. The summed E-state index contributed by atoms with van der Waals surface area (Å²) in [5.74, 6) is 0.524. The molecule has 1 saturated carbocycles. The van der Waals surface area contributed by atoms with E-state index < -0.39 is 0 Å². The molecule has 0 aromatic carbocycles. The number of nitrogens with two attached hydrogens (primary N) is 1. The van der Waals surface area contributed by atoms with Crippen LogP contribution in [0.25, 0.3) is 0 Å². The fourth-order valence-electron chi connectivity index (χ4n) is 2.52. The molecule has 7 heteroatoms. The van der Waals surface area contributed by atoms with Crippen molar-refractivity contribution < 1.29 is 4.79 Å². The van der Waals surface area contributed by atoms with Crippen molar-refractivity contribution in [3.63, 3.8) is 0 Å². The highest BCUT2D eigenvalue weighted by atomic mass is 35.5. The quantitative estimate of drug-likeness (QED) is 0.873. The van der Waals surface area contributed by atoms with E-state index in [4.69, 9.17) is 5.73 Å². The predicted molar refractivity (Wildman–Crippen MR) is 79.7 cm³/mol. The van der Waals surface area contributed by atoms with Crippen molar-refractivity contribution in [3.05, 3.63) is 18.0 Å². The fraction of sp³-hybridized carbons (Fsp3) is 0.667. The number of aromatic nitrogens is 2. The summed E-state index contributed by atoms with van der Waals surface area (Å²) >= 11 is 0. The third-order valence-electron chi connectivity index (χ3n) is 3.43. The molecule has 2 unspecified atom stereocenters. The van der Waals surface area contributed by atoms with Crippen molar-refractivity contribution >= 4 is 30.7 Å². The van der Waals surface area contributed by atoms with Crippen LogP contribution in [0.15, 0.2) is 12.4 Å². The van der Waals surface area contributed by atoms with Gasteiger partial charge in [-0.15, -0.1) is 24.8 Å². The van der Waals surface area contributed by atoms with Crippen LogP contribution in [0, 0.1) is 5.92 Å². The van der Waals surface area contributed by atoms with Gasteiger partial charge in [0, 0.05) is 19.3 Å². The molecule has 1 heterocycles. The van der Waals surface area contributed by atoms with Crippen molar-refractivity contribution in [3.8, 4) is 0 Å². The number of nitrogens with one attached hydrogen (secondary N) is 1. The van der Waals surface area contributed by atoms with Gasteiger partial charge in [0.15, 0.2) is 0 Å². The Morgan fingerprint density at radius 3 is 2.84 bits per heavy atom. The Labute approximate surface area is 126 Å². The maximum atomic E-state index is 11.9. The summed E-state index contributed by atoms with van der Waals surface area (Å²) in [6.07, 6.45) is 7.36. The van der Waals surface area contributed by atoms with E-state index in [1.165, 1.54) is 6.42 Å². The monoisotopic (exact) mass is 308 g/mol. The molecule has 0 radical (unpaired) electrons. The highest BCUT2D eigenvalue weighted by Gasteiger charge is 2.27. The molecule has 3 N–H and O–H groups in total. The van der Waals surface area contributed by atoms with Crippen LogP contribution in [0.2, 0.25) is 0 Å². The van der Waals surface area contributed by atoms with Crippen LogP contribution >= 0.6 is 24.8 Å². The number of halogens is 2. The molecule has 1 aromatic rings. The van der Waals surface area contributed by atoms with Crippen LogP contribution in [0.5, 0.6) is 0 Å². The van der Waals surface area contributed by atoms with E-state index in [9.17, 15) is 4.79 Å². The normalized spacial score (nSPS) is 21.4. The topological polar surface area (TPSA) is 72.9 Å². The Kier molecular flexibility index (Phi) is 8.06. The third-order valence-corrected chi connectivity index (χ3v) is 3.43. The Bertz CT molecular complexity index is 397. The van der Waals surface area contributed by atoms with E-state index in [-0.39, 0.29) is 36.8 Å². The lowest BCUT2D eigenvalue weighted by Gasteiger charge is -2.19. The van der Waals surface area contributed by atoms with Crippen LogP contribution in [0.1, 0.15) is 24.8 Å². The molecular weight excluding hydrogens is 287 g/mol. The maximum Gasteiger partial charge on any atom is 0.224 e. The highest BCUT2D eigenvalue weighted by molar-refractivity contribution is 5.85. The number of nitrogens with zero attached hydrogens (tertiary/aromatic N) is 2. The first-order valence-corrected chi connectivity index (χ1v) is 6.16. The van der Waals surface area contributed by atoms with Gasteiger partial charge in [0.05, 0.1) is 12.6 Å². The molecule has 0 spiro atoms. The number of rotatable bonds is 4. The lowest BCUT2D eigenvalue weighted by atomic mass is 10.0. The Morgan fingerprint density at radius 2 is 2.26 bits per heavy atom. The van der Waals surface area contributed by atoms with Gasteiger partial charge in [-0.05, 0) is 30.9 Å². The van der Waals surface area contributed by atoms with Crippen molar-refractivity contribution in [2.75, 3.05) is 6.54 Å². The zero-order chi connectivity index (χ0) is 12.3. The largest absolute Gasteiger partial charge is 0.353 e. The second-order valence-corrected chi connectivity index (χ2v) is 4.80. The van der Waals surface area contributed by atoms with E-state index in [2.05, 4.69) is 10.4 Å². The second-order valence-electron chi connectivity index (χ2n) is 4.80. The number of carbonyl (C=O) groups excluding carboxylic acids is 1. The first kappa shape index (κ1) is 18.2. The van der Waals surface area contributed by atoms with Gasteiger partial charge in [-0.3, -0.25) is 9.48 Å².